The highest BCUT2D eigenvalue weighted by molar-refractivity contribution is 7.50. The van der Waals surface area contributed by atoms with E-state index in [0.29, 0.717) is 18.7 Å². The third-order valence-corrected chi connectivity index (χ3v) is 5.84. The zero-order valence-corrected chi connectivity index (χ0v) is 18.4. The quantitative estimate of drug-likeness (QED) is 0.444. The molecule has 2 atom stereocenters. The van der Waals surface area contributed by atoms with Gasteiger partial charge < -0.3 is 20.0 Å². The van der Waals surface area contributed by atoms with E-state index in [1.807, 2.05) is 12.1 Å². The molecule has 1 aliphatic rings. The van der Waals surface area contributed by atoms with Crippen LogP contribution in [0.3, 0.4) is 0 Å². The predicted molar refractivity (Wildman–Crippen MR) is 114 cm³/mol. The van der Waals surface area contributed by atoms with Crippen molar-refractivity contribution >= 4 is 7.60 Å². The van der Waals surface area contributed by atoms with Crippen LogP contribution in [0.5, 0.6) is 0 Å². The van der Waals surface area contributed by atoms with Gasteiger partial charge in [0.25, 0.3) is 0 Å². The molecule has 1 aliphatic heterocycles. The van der Waals surface area contributed by atoms with Crippen molar-refractivity contribution < 1.29 is 24.6 Å². The minimum Gasteiger partial charge on any atom is -0.392 e. The van der Waals surface area contributed by atoms with E-state index in [-0.39, 0.29) is 18.4 Å². The van der Waals surface area contributed by atoms with Crippen LogP contribution in [0.1, 0.15) is 25.0 Å². The Balaban J connectivity index is 2.02. The van der Waals surface area contributed by atoms with Gasteiger partial charge in [-0.1, -0.05) is 24.3 Å². The molecule has 9 heteroatoms. The molecule has 0 radical (unpaired) electrons. The highest BCUT2D eigenvalue weighted by Gasteiger charge is 2.19. The van der Waals surface area contributed by atoms with E-state index in [4.69, 9.17) is 9.79 Å². The molecule has 1 aromatic carbocycles. The Labute approximate surface area is 173 Å². The second-order valence-electron chi connectivity index (χ2n) is 8.21. The van der Waals surface area contributed by atoms with Crippen LogP contribution in [0.4, 0.5) is 0 Å². The van der Waals surface area contributed by atoms with E-state index >= 15 is 0 Å². The number of rotatable bonds is 8. The molecule has 0 spiro atoms. The number of nitrogens with zero attached hydrogens (tertiary/aromatic N) is 3. The SMILES string of the molecule is C[C@H](O)CN1CCN(Cc2ccc(CP(=O)(O)O)cc2)CCN(C[C@H](C)O)CC1. The highest BCUT2D eigenvalue weighted by Crippen LogP contribution is 2.38. The molecule has 1 saturated heterocycles. The second-order valence-corrected chi connectivity index (χ2v) is 9.86. The molecule has 8 nitrogen and oxygen atoms in total. The van der Waals surface area contributed by atoms with Crippen LogP contribution in [0, 0.1) is 0 Å². The summed E-state index contributed by atoms with van der Waals surface area (Å²) < 4.78 is 11.2. The molecule has 0 unspecified atom stereocenters. The van der Waals surface area contributed by atoms with Crippen molar-refractivity contribution in [2.45, 2.75) is 38.8 Å². The topological polar surface area (TPSA) is 108 Å². The van der Waals surface area contributed by atoms with Gasteiger partial charge >= 0.3 is 7.60 Å². The molecule has 4 N–H and O–H groups in total. The van der Waals surface area contributed by atoms with Gasteiger partial charge in [-0.05, 0) is 25.0 Å². The van der Waals surface area contributed by atoms with Crippen molar-refractivity contribution in [1.29, 1.82) is 0 Å². The van der Waals surface area contributed by atoms with Gasteiger partial charge in [-0.15, -0.1) is 0 Å². The monoisotopic (exact) mass is 429 g/mol. The number of aliphatic hydroxyl groups excluding tert-OH is 2. The van der Waals surface area contributed by atoms with Gasteiger partial charge in [0.15, 0.2) is 0 Å². The lowest BCUT2D eigenvalue weighted by molar-refractivity contribution is 0.102. The molecule has 29 heavy (non-hydrogen) atoms. The molecule has 1 fully saturated rings. The average molecular weight is 429 g/mol. The molecule has 2 rings (SSSR count). The van der Waals surface area contributed by atoms with Crippen molar-refractivity contribution in [3.63, 3.8) is 0 Å². The Morgan fingerprint density at radius 3 is 1.55 bits per heavy atom. The number of β-amino-alcohol motifs (C(OH)–C–C–N with tert-alkyl or cyclic N) is 2. The largest absolute Gasteiger partial charge is 0.392 e. The molecule has 166 valence electrons. The molecule has 1 aromatic rings. The summed E-state index contributed by atoms with van der Waals surface area (Å²) in [6.07, 6.45) is -0.994. The standard InChI is InChI=1S/C20H36N3O5P/c1-17(24)13-21-7-8-22(14-18(2)25)10-12-23(11-9-21)15-19-3-5-20(6-4-19)16-29(26,27)28/h3-6,17-18,24-25H,7-16H2,1-2H3,(H2,26,27,28)/t17-,18-/m0/s1. The number of hydrogen-bond donors (Lipinski definition) is 4. The van der Waals surface area contributed by atoms with Gasteiger partial charge in [0.05, 0.1) is 18.4 Å². The second kappa shape index (κ2) is 11.5. The lowest BCUT2D eigenvalue weighted by Gasteiger charge is -2.27. The summed E-state index contributed by atoms with van der Waals surface area (Å²) in [5.41, 5.74) is 1.74. The van der Waals surface area contributed by atoms with E-state index < -0.39 is 7.60 Å². The van der Waals surface area contributed by atoms with E-state index in [9.17, 15) is 14.8 Å². The first-order chi connectivity index (χ1) is 13.6. The highest BCUT2D eigenvalue weighted by atomic mass is 31.2. The van der Waals surface area contributed by atoms with Gasteiger partial charge in [0.2, 0.25) is 0 Å². The maximum atomic E-state index is 11.2. The van der Waals surface area contributed by atoms with Crippen LogP contribution >= 0.6 is 7.60 Å². The Morgan fingerprint density at radius 1 is 0.793 bits per heavy atom. The van der Waals surface area contributed by atoms with Crippen LogP contribution in [0.15, 0.2) is 24.3 Å². The Kier molecular flexibility index (Phi) is 9.72. The van der Waals surface area contributed by atoms with Crippen LogP contribution in [0.2, 0.25) is 0 Å². The summed E-state index contributed by atoms with van der Waals surface area (Å²) >= 11 is 0. The average Bonchev–Trinajstić information content (AvgIpc) is 2.67. The molecule has 0 saturated carbocycles. The van der Waals surface area contributed by atoms with E-state index in [1.165, 1.54) is 0 Å². The van der Waals surface area contributed by atoms with Crippen LogP contribution in [-0.4, -0.2) is 99.3 Å². The maximum Gasteiger partial charge on any atom is 0.329 e. The van der Waals surface area contributed by atoms with Crippen molar-refractivity contribution in [3.8, 4) is 0 Å². The summed E-state index contributed by atoms with van der Waals surface area (Å²) in [5.74, 6) is 0. The van der Waals surface area contributed by atoms with E-state index in [1.54, 1.807) is 26.0 Å². The zero-order valence-electron chi connectivity index (χ0n) is 17.5. The van der Waals surface area contributed by atoms with Gasteiger partial charge in [0, 0.05) is 58.9 Å². The summed E-state index contributed by atoms with van der Waals surface area (Å²) in [7, 11) is -4.05. The summed E-state index contributed by atoms with van der Waals surface area (Å²) in [4.78, 5) is 25.1. The molecule has 0 aromatic heterocycles. The molecule has 0 aliphatic carbocycles. The van der Waals surface area contributed by atoms with Crippen molar-refractivity contribution in [2.24, 2.45) is 0 Å². The molecular weight excluding hydrogens is 393 g/mol. The fourth-order valence-electron chi connectivity index (χ4n) is 3.70. The van der Waals surface area contributed by atoms with Gasteiger partial charge in [-0.3, -0.25) is 19.3 Å². The Bertz CT molecular complexity index is 628. The smallest absolute Gasteiger partial charge is 0.329 e. The first-order valence-electron chi connectivity index (χ1n) is 10.3. The lowest BCUT2D eigenvalue weighted by atomic mass is 10.1. The number of benzene rings is 1. The zero-order chi connectivity index (χ0) is 21.4. The van der Waals surface area contributed by atoms with Crippen molar-refractivity contribution in [1.82, 2.24) is 14.7 Å². The summed E-state index contributed by atoms with van der Waals surface area (Å²) in [5, 5.41) is 19.6. The van der Waals surface area contributed by atoms with Crippen LogP contribution < -0.4 is 0 Å². The first kappa shape index (κ1) is 24.4. The van der Waals surface area contributed by atoms with Gasteiger partial charge in [-0.25, -0.2) is 0 Å². The van der Waals surface area contributed by atoms with Gasteiger partial charge in [-0.2, -0.15) is 0 Å². The minimum atomic E-state index is -4.05. The predicted octanol–water partition coefficient (Wildman–Crippen LogP) is 0.546. The van der Waals surface area contributed by atoms with E-state index in [2.05, 4.69) is 14.7 Å². The summed E-state index contributed by atoms with van der Waals surface area (Å²) in [6, 6.07) is 7.42. The Hall–Kier alpha value is -0.830. The maximum absolute atomic E-state index is 11.2. The number of hydrogen-bond acceptors (Lipinski definition) is 6. The molecular formula is C20H36N3O5P. The minimum absolute atomic E-state index is 0.237. The normalized spacial score (nSPS) is 20.6. The first-order valence-corrected chi connectivity index (χ1v) is 12.1. The fourth-order valence-corrected chi connectivity index (χ4v) is 4.39. The van der Waals surface area contributed by atoms with Crippen molar-refractivity contribution in [2.75, 3.05) is 52.4 Å². The lowest BCUT2D eigenvalue weighted by Crippen LogP contribution is -2.41. The third kappa shape index (κ3) is 10.2. The Morgan fingerprint density at radius 2 is 1.17 bits per heavy atom. The summed E-state index contributed by atoms with van der Waals surface area (Å²) in [6.45, 7) is 10.8. The van der Waals surface area contributed by atoms with Crippen LogP contribution in [0.25, 0.3) is 0 Å². The van der Waals surface area contributed by atoms with Crippen LogP contribution in [-0.2, 0) is 17.3 Å². The fraction of sp³-hybridized carbons (Fsp3) is 0.700. The van der Waals surface area contributed by atoms with E-state index in [0.717, 1.165) is 51.4 Å². The molecule has 0 bridgehead atoms. The van der Waals surface area contributed by atoms with Crippen molar-refractivity contribution in [3.05, 3.63) is 35.4 Å². The molecule has 1 heterocycles. The van der Waals surface area contributed by atoms with Gasteiger partial charge in [0.1, 0.15) is 0 Å². The third-order valence-electron chi connectivity index (χ3n) is 5.06. The number of aliphatic hydroxyl groups is 2. The molecule has 0 amide bonds.